The van der Waals surface area contributed by atoms with E-state index >= 15 is 0 Å². The fourth-order valence-electron chi connectivity index (χ4n) is 4.19. The second-order valence-electron chi connectivity index (χ2n) is 8.71. The van der Waals surface area contributed by atoms with E-state index in [9.17, 15) is 9.18 Å². The number of nitrogens with zero attached hydrogens (tertiary/aromatic N) is 3. The number of benzene rings is 2. The van der Waals surface area contributed by atoms with Gasteiger partial charge in [0, 0.05) is 22.5 Å². The number of halogens is 1. The highest BCUT2D eigenvalue weighted by Gasteiger charge is 2.17. The van der Waals surface area contributed by atoms with E-state index in [4.69, 9.17) is 9.47 Å². The van der Waals surface area contributed by atoms with Crippen LogP contribution in [0.3, 0.4) is 0 Å². The summed E-state index contributed by atoms with van der Waals surface area (Å²) in [6.07, 6.45) is 3.17. The van der Waals surface area contributed by atoms with Crippen molar-refractivity contribution in [2.45, 2.75) is 19.5 Å². The largest absolute Gasteiger partial charge is 0.493 e. The summed E-state index contributed by atoms with van der Waals surface area (Å²) in [7, 11) is 3.19. The van der Waals surface area contributed by atoms with Crippen LogP contribution in [0.2, 0.25) is 0 Å². The van der Waals surface area contributed by atoms with E-state index in [2.05, 4.69) is 25.6 Å². The van der Waals surface area contributed by atoms with Gasteiger partial charge < -0.3 is 20.1 Å². The predicted molar refractivity (Wildman–Crippen MR) is 150 cm³/mol. The maximum Gasteiger partial charge on any atom is 0.255 e. The van der Waals surface area contributed by atoms with Gasteiger partial charge in [0.1, 0.15) is 18.0 Å². The number of anilines is 1. The summed E-state index contributed by atoms with van der Waals surface area (Å²) >= 11 is 1.58. The van der Waals surface area contributed by atoms with Crippen molar-refractivity contribution in [3.05, 3.63) is 95.0 Å². The molecular formula is C29H26FN5O3S. The first-order chi connectivity index (χ1) is 19.0. The van der Waals surface area contributed by atoms with Gasteiger partial charge in [0.05, 0.1) is 48.5 Å². The van der Waals surface area contributed by atoms with Crippen LogP contribution >= 0.6 is 11.3 Å². The molecule has 0 aliphatic carbocycles. The van der Waals surface area contributed by atoms with Crippen LogP contribution in [0.4, 0.5) is 10.2 Å². The van der Waals surface area contributed by atoms with E-state index in [1.165, 1.54) is 18.5 Å². The maximum absolute atomic E-state index is 13.3. The van der Waals surface area contributed by atoms with Crippen LogP contribution < -0.4 is 20.1 Å². The van der Waals surface area contributed by atoms with E-state index in [0.717, 1.165) is 31.9 Å². The Morgan fingerprint density at radius 2 is 1.77 bits per heavy atom. The smallest absolute Gasteiger partial charge is 0.255 e. The van der Waals surface area contributed by atoms with Gasteiger partial charge in [-0.3, -0.25) is 4.79 Å². The Morgan fingerprint density at radius 3 is 2.54 bits per heavy atom. The molecule has 1 amide bonds. The van der Waals surface area contributed by atoms with Gasteiger partial charge in [0.15, 0.2) is 11.5 Å². The summed E-state index contributed by atoms with van der Waals surface area (Å²) in [4.78, 5) is 28.4. The number of carbonyl (C=O) groups excluding carboxylic acids is 1. The zero-order valence-electron chi connectivity index (χ0n) is 21.6. The first kappa shape index (κ1) is 26.1. The van der Waals surface area contributed by atoms with Crippen molar-refractivity contribution >= 4 is 34.0 Å². The lowest BCUT2D eigenvalue weighted by Gasteiger charge is -2.16. The van der Waals surface area contributed by atoms with Gasteiger partial charge >= 0.3 is 0 Å². The molecule has 0 spiro atoms. The summed E-state index contributed by atoms with van der Waals surface area (Å²) < 4.78 is 24.1. The van der Waals surface area contributed by atoms with Crippen molar-refractivity contribution in [1.29, 1.82) is 0 Å². The lowest BCUT2D eigenvalue weighted by molar-refractivity contribution is 0.0940. The topological polar surface area (TPSA) is 98.3 Å². The Kier molecular flexibility index (Phi) is 7.64. The zero-order chi connectivity index (χ0) is 27.4. The number of hydrogen-bond donors (Lipinski definition) is 2. The minimum absolute atomic E-state index is 0.272. The molecule has 3 aromatic heterocycles. The molecule has 8 nitrogen and oxygen atoms in total. The molecule has 39 heavy (non-hydrogen) atoms. The van der Waals surface area contributed by atoms with E-state index in [-0.39, 0.29) is 17.8 Å². The van der Waals surface area contributed by atoms with Crippen LogP contribution in [0.15, 0.2) is 73.2 Å². The molecule has 0 unspecified atom stereocenters. The molecule has 0 saturated carbocycles. The molecule has 0 bridgehead atoms. The number of ether oxygens (including phenoxy) is 2. The molecule has 0 radical (unpaired) electrons. The van der Waals surface area contributed by atoms with E-state index in [0.29, 0.717) is 29.4 Å². The van der Waals surface area contributed by atoms with Crippen molar-refractivity contribution in [3.63, 3.8) is 0 Å². The molecule has 198 valence electrons. The second-order valence-corrected chi connectivity index (χ2v) is 9.88. The number of carbonyl (C=O) groups is 1. The first-order valence-electron chi connectivity index (χ1n) is 12.2. The number of thiophene rings is 1. The quantitative estimate of drug-likeness (QED) is 0.235. The summed E-state index contributed by atoms with van der Waals surface area (Å²) in [5.41, 5.74) is 2.78. The normalized spacial score (nSPS) is 11.7. The lowest BCUT2D eigenvalue weighted by Crippen LogP contribution is -2.27. The third-order valence-electron chi connectivity index (χ3n) is 6.24. The second kappa shape index (κ2) is 11.4. The number of hydrogen-bond acceptors (Lipinski definition) is 8. The lowest BCUT2D eigenvalue weighted by atomic mass is 10.1. The Labute approximate surface area is 228 Å². The molecule has 10 heteroatoms. The van der Waals surface area contributed by atoms with Crippen molar-refractivity contribution in [1.82, 2.24) is 20.3 Å². The highest BCUT2D eigenvalue weighted by atomic mass is 32.1. The molecule has 1 atom stereocenters. The zero-order valence-corrected chi connectivity index (χ0v) is 22.4. The number of amides is 1. The standard InChI is InChI=1S/C29H26FN5O3S/c1-17(18-6-8-19(30)9-7-18)35-29(36)21-5-4-12-31-28(21)32-15-20-10-11-26(39-20)27-22-13-24(37-2)25(38-3)14-23(22)33-16-34-27/h4-14,16-17H,15H2,1-3H3,(H,31,32)(H,35,36)/t17-/m0/s1. The molecular weight excluding hydrogens is 517 g/mol. The molecule has 0 aliphatic rings. The van der Waals surface area contributed by atoms with Crippen LogP contribution in [-0.4, -0.2) is 35.1 Å². The monoisotopic (exact) mass is 543 g/mol. The molecule has 0 fully saturated rings. The minimum Gasteiger partial charge on any atom is -0.493 e. The van der Waals surface area contributed by atoms with E-state index in [1.54, 1.807) is 56.0 Å². The Morgan fingerprint density at radius 1 is 1.00 bits per heavy atom. The fraction of sp³-hybridized carbons (Fsp3) is 0.172. The maximum atomic E-state index is 13.3. The van der Waals surface area contributed by atoms with Gasteiger partial charge in [-0.05, 0) is 55.0 Å². The third kappa shape index (κ3) is 5.65. The number of rotatable bonds is 9. The van der Waals surface area contributed by atoms with Crippen molar-refractivity contribution in [2.24, 2.45) is 0 Å². The number of nitrogens with one attached hydrogen (secondary N) is 2. The van der Waals surface area contributed by atoms with Crippen LogP contribution in [-0.2, 0) is 6.54 Å². The summed E-state index contributed by atoms with van der Waals surface area (Å²) in [6, 6.07) is 16.9. The molecule has 2 N–H and O–H groups in total. The van der Waals surface area contributed by atoms with Gasteiger partial charge in [-0.25, -0.2) is 19.3 Å². The number of aromatic nitrogens is 3. The number of fused-ring (bicyclic) bond motifs is 1. The Balaban J connectivity index is 1.32. The van der Waals surface area contributed by atoms with Crippen molar-refractivity contribution in [2.75, 3.05) is 19.5 Å². The van der Waals surface area contributed by atoms with Gasteiger partial charge in [0.25, 0.3) is 5.91 Å². The average molecular weight is 544 g/mol. The summed E-state index contributed by atoms with van der Waals surface area (Å²) in [5, 5.41) is 7.10. The molecule has 0 saturated heterocycles. The number of pyridine rings is 1. The van der Waals surface area contributed by atoms with E-state index in [1.807, 2.05) is 31.2 Å². The Bertz CT molecular complexity index is 1620. The molecule has 5 aromatic rings. The average Bonchev–Trinajstić information content (AvgIpc) is 3.44. The van der Waals surface area contributed by atoms with Gasteiger partial charge in [-0.1, -0.05) is 12.1 Å². The predicted octanol–water partition coefficient (Wildman–Crippen LogP) is 6.01. The molecule has 3 heterocycles. The number of methoxy groups -OCH3 is 2. The first-order valence-corrected chi connectivity index (χ1v) is 13.0. The highest BCUT2D eigenvalue weighted by Crippen LogP contribution is 2.37. The fourth-order valence-corrected chi connectivity index (χ4v) is 5.15. The van der Waals surface area contributed by atoms with E-state index < -0.39 is 0 Å². The van der Waals surface area contributed by atoms with Crippen LogP contribution in [0.1, 0.15) is 33.8 Å². The van der Waals surface area contributed by atoms with Crippen LogP contribution in [0.25, 0.3) is 21.5 Å². The summed E-state index contributed by atoms with van der Waals surface area (Å²) in [6.45, 7) is 2.32. The van der Waals surface area contributed by atoms with Crippen LogP contribution in [0, 0.1) is 5.82 Å². The molecule has 2 aromatic carbocycles. The Hall–Kier alpha value is -4.57. The summed E-state index contributed by atoms with van der Waals surface area (Å²) in [5.74, 6) is 1.09. The highest BCUT2D eigenvalue weighted by molar-refractivity contribution is 7.15. The molecule has 5 rings (SSSR count). The minimum atomic E-state index is -0.319. The van der Waals surface area contributed by atoms with Crippen LogP contribution in [0.5, 0.6) is 11.5 Å². The van der Waals surface area contributed by atoms with Gasteiger partial charge in [-0.2, -0.15) is 0 Å². The third-order valence-corrected chi connectivity index (χ3v) is 7.33. The SMILES string of the molecule is COc1cc2ncnc(-c3ccc(CNc4ncccc4C(=O)N[C@@H](C)c4ccc(F)cc4)s3)c2cc1OC. The van der Waals surface area contributed by atoms with Crippen molar-refractivity contribution < 1.29 is 18.7 Å². The van der Waals surface area contributed by atoms with Gasteiger partial charge in [0.2, 0.25) is 0 Å². The van der Waals surface area contributed by atoms with Crippen molar-refractivity contribution in [3.8, 4) is 22.1 Å². The van der Waals surface area contributed by atoms with Gasteiger partial charge in [-0.15, -0.1) is 11.3 Å². The molecule has 0 aliphatic heterocycles.